The number of methoxy groups -OCH3 is 1. The molecule has 1 aromatic rings. The van der Waals surface area contributed by atoms with Crippen molar-refractivity contribution in [1.82, 2.24) is 0 Å². The summed E-state index contributed by atoms with van der Waals surface area (Å²) in [6.07, 6.45) is 0. The summed E-state index contributed by atoms with van der Waals surface area (Å²) >= 11 is 0. The van der Waals surface area contributed by atoms with E-state index in [-0.39, 0.29) is 5.96 Å². The summed E-state index contributed by atoms with van der Waals surface area (Å²) < 4.78 is 5.02. The van der Waals surface area contributed by atoms with E-state index in [0.717, 1.165) is 11.3 Å². The minimum atomic E-state index is 0.232. The zero-order valence-electron chi connectivity index (χ0n) is 7.58. The smallest absolute Gasteiger partial charge is 0.339 e. The third-order valence-electron chi connectivity index (χ3n) is 1.66. The van der Waals surface area contributed by atoms with Crippen molar-refractivity contribution in [3.63, 3.8) is 0 Å². The molecular formula is C9H14N3O+. The van der Waals surface area contributed by atoms with Gasteiger partial charge < -0.3 is 4.74 Å². The summed E-state index contributed by atoms with van der Waals surface area (Å²) in [6.45, 7) is 0.631. The second-order valence-corrected chi connectivity index (χ2v) is 2.66. The number of rotatable bonds is 3. The number of hydrogen-bond donors (Lipinski definition) is 3. The molecule has 4 heteroatoms. The van der Waals surface area contributed by atoms with Crippen LogP contribution < -0.4 is 21.2 Å². The molecule has 0 saturated carbocycles. The van der Waals surface area contributed by atoms with E-state index in [0.29, 0.717) is 6.54 Å². The van der Waals surface area contributed by atoms with Gasteiger partial charge in [0.2, 0.25) is 0 Å². The molecule has 0 bridgehead atoms. The lowest BCUT2D eigenvalue weighted by Gasteiger charge is -1.99. The molecule has 0 aliphatic carbocycles. The van der Waals surface area contributed by atoms with E-state index in [4.69, 9.17) is 16.2 Å². The molecule has 0 fully saturated rings. The van der Waals surface area contributed by atoms with Crippen molar-refractivity contribution in [3.8, 4) is 5.75 Å². The zero-order chi connectivity index (χ0) is 9.68. The number of hydrogen-bond acceptors (Lipinski definition) is 1. The Morgan fingerprint density at radius 3 is 2.38 bits per heavy atom. The normalized spacial score (nSPS) is 9.31. The SMILES string of the molecule is COc1ccc(C[NH+]=C(N)N)cc1. The Morgan fingerprint density at radius 2 is 1.92 bits per heavy atom. The zero-order valence-corrected chi connectivity index (χ0v) is 7.58. The van der Waals surface area contributed by atoms with Crippen LogP contribution in [0.3, 0.4) is 0 Å². The van der Waals surface area contributed by atoms with E-state index >= 15 is 0 Å². The van der Waals surface area contributed by atoms with E-state index in [2.05, 4.69) is 4.99 Å². The van der Waals surface area contributed by atoms with Crippen molar-refractivity contribution >= 4 is 5.96 Å². The summed E-state index contributed by atoms with van der Waals surface area (Å²) in [5.41, 5.74) is 11.6. The van der Waals surface area contributed by atoms with E-state index in [1.807, 2.05) is 24.3 Å². The lowest BCUT2D eigenvalue weighted by atomic mass is 10.2. The summed E-state index contributed by atoms with van der Waals surface area (Å²) in [6, 6.07) is 7.69. The average molecular weight is 180 g/mol. The van der Waals surface area contributed by atoms with Crippen molar-refractivity contribution in [1.29, 1.82) is 0 Å². The van der Waals surface area contributed by atoms with Gasteiger partial charge in [0.1, 0.15) is 5.75 Å². The molecule has 70 valence electrons. The lowest BCUT2D eigenvalue weighted by molar-refractivity contribution is -0.477. The summed E-state index contributed by atoms with van der Waals surface area (Å²) in [5, 5.41) is 0. The molecule has 0 aliphatic heterocycles. The van der Waals surface area contributed by atoms with E-state index in [1.165, 1.54) is 0 Å². The Bertz CT molecular complexity index is 288. The number of benzene rings is 1. The minimum absolute atomic E-state index is 0.232. The number of nitrogens with two attached hydrogens (primary N) is 2. The van der Waals surface area contributed by atoms with Crippen LogP contribution in [0.15, 0.2) is 24.3 Å². The van der Waals surface area contributed by atoms with Crippen LogP contribution in [0.5, 0.6) is 5.75 Å². The molecule has 0 amide bonds. The molecule has 0 radical (unpaired) electrons. The van der Waals surface area contributed by atoms with Gasteiger partial charge in [0.15, 0.2) is 0 Å². The molecule has 13 heavy (non-hydrogen) atoms. The van der Waals surface area contributed by atoms with Crippen molar-refractivity contribution < 1.29 is 9.73 Å². The molecule has 0 aliphatic rings. The van der Waals surface area contributed by atoms with Crippen molar-refractivity contribution in [3.05, 3.63) is 29.8 Å². The molecule has 0 saturated heterocycles. The van der Waals surface area contributed by atoms with Gasteiger partial charge in [-0.05, 0) is 17.7 Å². The Hall–Kier alpha value is -1.71. The fourth-order valence-corrected chi connectivity index (χ4v) is 0.948. The van der Waals surface area contributed by atoms with Gasteiger partial charge in [0.25, 0.3) is 0 Å². The molecule has 1 rings (SSSR count). The van der Waals surface area contributed by atoms with Crippen molar-refractivity contribution in [2.75, 3.05) is 7.11 Å². The number of ether oxygens (including phenoxy) is 1. The average Bonchev–Trinajstić information content (AvgIpc) is 2.15. The van der Waals surface area contributed by atoms with Gasteiger partial charge in [0, 0.05) is 0 Å². The lowest BCUT2D eigenvalue weighted by Crippen LogP contribution is -2.76. The standard InChI is InChI=1S/C9H13N3O/c1-13-8-4-2-7(3-5-8)6-12-9(10)11/h2-5H,6H2,1H3,(H4,10,11,12)/p+1. The third kappa shape index (κ3) is 3.02. The van der Waals surface area contributed by atoms with Crippen LogP contribution in [-0.4, -0.2) is 13.1 Å². The molecule has 0 heterocycles. The molecule has 5 N–H and O–H groups in total. The first kappa shape index (κ1) is 9.38. The largest absolute Gasteiger partial charge is 0.497 e. The van der Waals surface area contributed by atoms with Crippen LogP contribution in [-0.2, 0) is 6.54 Å². The Kier molecular flexibility index (Phi) is 3.14. The topological polar surface area (TPSA) is 75.2 Å². The van der Waals surface area contributed by atoms with Gasteiger partial charge in [-0.2, -0.15) is 0 Å². The molecular weight excluding hydrogens is 166 g/mol. The van der Waals surface area contributed by atoms with Crippen LogP contribution in [0.4, 0.5) is 0 Å². The summed E-state index contributed by atoms with van der Waals surface area (Å²) in [5.74, 6) is 1.07. The van der Waals surface area contributed by atoms with E-state index in [1.54, 1.807) is 7.11 Å². The quantitative estimate of drug-likeness (QED) is 0.393. The first-order valence-electron chi connectivity index (χ1n) is 3.97. The summed E-state index contributed by atoms with van der Waals surface area (Å²) in [4.78, 5) is 2.83. The van der Waals surface area contributed by atoms with E-state index in [9.17, 15) is 0 Å². The van der Waals surface area contributed by atoms with Gasteiger partial charge in [-0.25, -0.2) is 0 Å². The maximum absolute atomic E-state index is 5.25. The maximum Gasteiger partial charge on any atom is 0.339 e. The fraction of sp³-hybridized carbons (Fsp3) is 0.222. The van der Waals surface area contributed by atoms with Gasteiger partial charge in [0.05, 0.1) is 13.7 Å². The van der Waals surface area contributed by atoms with Crippen LogP contribution >= 0.6 is 0 Å². The first-order chi connectivity index (χ1) is 6.22. The molecule has 4 nitrogen and oxygen atoms in total. The van der Waals surface area contributed by atoms with Crippen LogP contribution in [0.2, 0.25) is 0 Å². The third-order valence-corrected chi connectivity index (χ3v) is 1.66. The van der Waals surface area contributed by atoms with E-state index < -0.39 is 0 Å². The molecule has 0 aromatic heterocycles. The molecule has 0 unspecified atom stereocenters. The predicted molar refractivity (Wildman–Crippen MR) is 51.0 cm³/mol. The monoisotopic (exact) mass is 180 g/mol. The van der Waals surface area contributed by atoms with Crippen LogP contribution in [0.25, 0.3) is 0 Å². The van der Waals surface area contributed by atoms with Crippen LogP contribution in [0, 0.1) is 0 Å². The van der Waals surface area contributed by atoms with Crippen molar-refractivity contribution in [2.24, 2.45) is 11.5 Å². The highest BCUT2D eigenvalue weighted by Gasteiger charge is 1.93. The highest BCUT2D eigenvalue weighted by molar-refractivity contribution is 5.69. The van der Waals surface area contributed by atoms with Gasteiger partial charge in [-0.3, -0.25) is 16.5 Å². The second-order valence-electron chi connectivity index (χ2n) is 2.66. The first-order valence-corrected chi connectivity index (χ1v) is 3.97. The van der Waals surface area contributed by atoms with Gasteiger partial charge in [-0.1, -0.05) is 12.1 Å². The fourth-order valence-electron chi connectivity index (χ4n) is 0.948. The Balaban J connectivity index is 2.64. The highest BCUT2D eigenvalue weighted by Crippen LogP contribution is 2.09. The summed E-state index contributed by atoms with van der Waals surface area (Å²) in [7, 11) is 1.64. The van der Waals surface area contributed by atoms with Crippen LogP contribution in [0.1, 0.15) is 5.56 Å². The highest BCUT2D eigenvalue weighted by atomic mass is 16.5. The Labute approximate surface area is 77.2 Å². The second kappa shape index (κ2) is 4.35. The molecule has 0 atom stereocenters. The Morgan fingerprint density at radius 1 is 1.31 bits per heavy atom. The molecule has 0 spiro atoms. The number of nitrogens with one attached hydrogen (secondary N) is 1. The van der Waals surface area contributed by atoms with Crippen molar-refractivity contribution in [2.45, 2.75) is 6.54 Å². The maximum atomic E-state index is 5.25. The minimum Gasteiger partial charge on any atom is -0.497 e. The number of guanidine groups is 1. The van der Waals surface area contributed by atoms with Gasteiger partial charge in [-0.15, -0.1) is 0 Å². The van der Waals surface area contributed by atoms with Gasteiger partial charge >= 0.3 is 5.96 Å². The molecule has 1 aromatic carbocycles. The predicted octanol–water partition coefficient (Wildman–Crippen LogP) is -1.45.